The monoisotopic (exact) mass is 275 g/mol. The molecule has 1 aromatic rings. The second-order valence-electron chi connectivity index (χ2n) is 3.34. The normalized spacial score (nSPS) is 15.2. The first kappa shape index (κ1) is 12.0. The Balaban J connectivity index is 2.77. The molecular formula is C10H14BrNOS. The third-order valence-electron chi connectivity index (χ3n) is 1.97. The molecule has 2 unspecified atom stereocenters. The van der Waals surface area contributed by atoms with Gasteiger partial charge in [-0.3, -0.25) is 0 Å². The summed E-state index contributed by atoms with van der Waals surface area (Å²) in [7, 11) is 0. The Hall–Kier alpha value is -0.0600. The summed E-state index contributed by atoms with van der Waals surface area (Å²) in [6.45, 7) is 5.82. The Morgan fingerprint density at radius 2 is 2.14 bits per heavy atom. The van der Waals surface area contributed by atoms with Gasteiger partial charge in [-0.25, -0.2) is 4.98 Å². The molecule has 0 saturated carbocycles. The lowest BCUT2D eigenvalue weighted by atomic mass is 10.3. The Kier molecular flexibility index (Phi) is 4.41. The number of aliphatic hydroxyl groups excluding tert-OH is 1. The predicted molar refractivity (Wildman–Crippen MR) is 63.7 cm³/mol. The van der Waals surface area contributed by atoms with Crippen molar-refractivity contribution in [2.45, 2.75) is 37.2 Å². The Labute approximate surface area is 97.3 Å². The van der Waals surface area contributed by atoms with Gasteiger partial charge in [0.25, 0.3) is 0 Å². The minimum absolute atomic E-state index is 0.169. The molecule has 2 nitrogen and oxygen atoms in total. The first-order valence-electron chi connectivity index (χ1n) is 4.47. The molecule has 2 atom stereocenters. The summed E-state index contributed by atoms with van der Waals surface area (Å²) in [4.78, 5) is 4.31. The number of aromatic nitrogens is 1. The van der Waals surface area contributed by atoms with Crippen molar-refractivity contribution in [3.8, 4) is 0 Å². The molecule has 0 bridgehead atoms. The molecule has 0 radical (unpaired) electrons. The Bertz CT molecular complexity index is 317. The van der Waals surface area contributed by atoms with Crippen molar-refractivity contribution in [2.24, 2.45) is 0 Å². The van der Waals surface area contributed by atoms with Gasteiger partial charge in [0.1, 0.15) is 0 Å². The van der Waals surface area contributed by atoms with Gasteiger partial charge < -0.3 is 5.11 Å². The number of hydrogen-bond donors (Lipinski definition) is 1. The van der Waals surface area contributed by atoms with Crippen molar-refractivity contribution in [1.29, 1.82) is 0 Å². The number of thioether (sulfide) groups is 1. The summed E-state index contributed by atoms with van der Waals surface area (Å²) < 4.78 is 0.990. The number of aryl methyl sites for hydroxylation is 1. The first-order valence-corrected chi connectivity index (χ1v) is 6.15. The molecule has 0 aliphatic rings. The van der Waals surface area contributed by atoms with Crippen LogP contribution in [0.15, 0.2) is 21.8 Å². The topological polar surface area (TPSA) is 33.1 Å². The molecule has 0 amide bonds. The van der Waals surface area contributed by atoms with E-state index in [0.29, 0.717) is 0 Å². The van der Waals surface area contributed by atoms with Crippen molar-refractivity contribution in [1.82, 2.24) is 4.98 Å². The van der Waals surface area contributed by atoms with Gasteiger partial charge >= 0.3 is 0 Å². The summed E-state index contributed by atoms with van der Waals surface area (Å²) in [6.07, 6.45) is 1.47. The van der Waals surface area contributed by atoms with Gasteiger partial charge in [0.05, 0.1) is 11.1 Å². The lowest BCUT2D eigenvalue weighted by Gasteiger charge is -2.14. The first-order chi connectivity index (χ1) is 6.50. The summed E-state index contributed by atoms with van der Waals surface area (Å²) >= 11 is 4.98. The second-order valence-corrected chi connectivity index (χ2v) is 5.62. The van der Waals surface area contributed by atoms with Gasteiger partial charge in [0.2, 0.25) is 0 Å². The van der Waals surface area contributed by atoms with Crippen LogP contribution in [0.3, 0.4) is 0 Å². The highest BCUT2D eigenvalue weighted by Gasteiger charge is 2.12. The van der Waals surface area contributed by atoms with Crippen molar-refractivity contribution >= 4 is 27.7 Å². The van der Waals surface area contributed by atoms with Gasteiger partial charge in [-0.2, -0.15) is 0 Å². The van der Waals surface area contributed by atoms with E-state index in [1.807, 2.05) is 19.9 Å². The molecule has 1 N–H and O–H groups in total. The van der Waals surface area contributed by atoms with Crippen LogP contribution < -0.4 is 0 Å². The molecule has 1 heterocycles. The third kappa shape index (κ3) is 3.26. The molecule has 0 aliphatic carbocycles. The molecule has 4 heteroatoms. The molecule has 0 fully saturated rings. The van der Waals surface area contributed by atoms with Gasteiger partial charge in [0, 0.05) is 15.9 Å². The van der Waals surface area contributed by atoms with Crippen LogP contribution in [-0.4, -0.2) is 21.4 Å². The van der Waals surface area contributed by atoms with Crippen LogP contribution in [-0.2, 0) is 0 Å². The molecule has 0 aliphatic heterocycles. The second kappa shape index (κ2) is 5.14. The van der Waals surface area contributed by atoms with Crippen LogP contribution in [0.25, 0.3) is 0 Å². The van der Waals surface area contributed by atoms with Crippen molar-refractivity contribution in [3.63, 3.8) is 0 Å². The maximum absolute atomic E-state index is 9.37. The van der Waals surface area contributed by atoms with Crippen molar-refractivity contribution < 1.29 is 5.11 Å². The van der Waals surface area contributed by atoms with Crippen molar-refractivity contribution in [2.75, 3.05) is 0 Å². The molecule has 0 spiro atoms. The standard InChI is InChI=1S/C10H14BrNOS/c1-6-4-9(11)5-12-10(6)14-8(3)7(2)13/h4-5,7-8,13H,1-3H3. The number of pyridine rings is 1. The van der Waals surface area contributed by atoms with Crippen LogP contribution in [0.4, 0.5) is 0 Å². The number of hydrogen-bond acceptors (Lipinski definition) is 3. The van der Waals surface area contributed by atoms with E-state index in [2.05, 4.69) is 20.9 Å². The summed E-state index contributed by atoms with van der Waals surface area (Å²) in [6, 6.07) is 2.03. The van der Waals surface area contributed by atoms with Gasteiger partial charge in [-0.05, 0) is 41.4 Å². The average Bonchev–Trinajstić information content (AvgIpc) is 2.09. The number of nitrogens with zero attached hydrogens (tertiary/aromatic N) is 1. The molecule has 14 heavy (non-hydrogen) atoms. The molecule has 0 aromatic carbocycles. The van der Waals surface area contributed by atoms with Crippen LogP contribution in [0.1, 0.15) is 19.4 Å². The number of halogens is 1. The van der Waals surface area contributed by atoms with E-state index >= 15 is 0 Å². The zero-order valence-corrected chi connectivity index (χ0v) is 10.9. The minimum atomic E-state index is -0.315. The van der Waals surface area contributed by atoms with Crippen LogP contribution >= 0.6 is 27.7 Å². The highest BCUT2D eigenvalue weighted by molar-refractivity contribution is 9.10. The van der Waals surface area contributed by atoms with Crippen molar-refractivity contribution in [3.05, 3.63) is 22.3 Å². The summed E-state index contributed by atoms with van der Waals surface area (Å²) in [5.74, 6) is 0. The van der Waals surface area contributed by atoms with E-state index in [1.165, 1.54) is 0 Å². The van der Waals surface area contributed by atoms with E-state index in [4.69, 9.17) is 0 Å². The van der Waals surface area contributed by atoms with E-state index in [0.717, 1.165) is 15.1 Å². The quantitative estimate of drug-likeness (QED) is 0.861. The fourth-order valence-electron chi connectivity index (χ4n) is 0.926. The lowest BCUT2D eigenvalue weighted by molar-refractivity contribution is 0.196. The van der Waals surface area contributed by atoms with Gasteiger partial charge in [-0.1, -0.05) is 6.92 Å². The molecule has 78 valence electrons. The maximum Gasteiger partial charge on any atom is 0.0993 e. The van der Waals surface area contributed by atoms with Crippen LogP contribution in [0, 0.1) is 6.92 Å². The molecule has 0 saturated heterocycles. The summed E-state index contributed by atoms with van der Waals surface area (Å²) in [5.41, 5.74) is 1.14. The molecule has 1 rings (SSSR count). The summed E-state index contributed by atoms with van der Waals surface area (Å²) in [5, 5.41) is 10.5. The van der Waals surface area contributed by atoms with Gasteiger partial charge in [0.15, 0.2) is 0 Å². The Morgan fingerprint density at radius 1 is 1.50 bits per heavy atom. The smallest absolute Gasteiger partial charge is 0.0993 e. The van der Waals surface area contributed by atoms with E-state index in [-0.39, 0.29) is 11.4 Å². The van der Waals surface area contributed by atoms with E-state index in [9.17, 15) is 5.11 Å². The SMILES string of the molecule is Cc1cc(Br)cnc1SC(C)C(C)O. The largest absolute Gasteiger partial charge is 0.392 e. The third-order valence-corrected chi connectivity index (χ3v) is 3.82. The fourth-order valence-corrected chi connectivity index (χ4v) is 2.28. The van der Waals surface area contributed by atoms with Gasteiger partial charge in [-0.15, -0.1) is 11.8 Å². The Morgan fingerprint density at radius 3 is 2.64 bits per heavy atom. The fraction of sp³-hybridized carbons (Fsp3) is 0.500. The van der Waals surface area contributed by atoms with Crippen LogP contribution in [0.2, 0.25) is 0 Å². The van der Waals surface area contributed by atoms with Crippen LogP contribution in [0.5, 0.6) is 0 Å². The number of aliphatic hydroxyl groups is 1. The zero-order chi connectivity index (χ0) is 10.7. The highest BCUT2D eigenvalue weighted by atomic mass is 79.9. The number of rotatable bonds is 3. The lowest BCUT2D eigenvalue weighted by Crippen LogP contribution is -2.15. The van der Waals surface area contributed by atoms with E-state index < -0.39 is 0 Å². The maximum atomic E-state index is 9.37. The molecular weight excluding hydrogens is 262 g/mol. The highest BCUT2D eigenvalue weighted by Crippen LogP contribution is 2.27. The van der Waals surface area contributed by atoms with E-state index in [1.54, 1.807) is 24.9 Å². The molecule has 1 aromatic heterocycles. The minimum Gasteiger partial charge on any atom is -0.392 e. The predicted octanol–water partition coefficient (Wildman–Crippen LogP) is 3.01. The zero-order valence-electron chi connectivity index (χ0n) is 8.49. The average molecular weight is 276 g/mol.